The molecule has 0 spiro atoms. The molecule has 0 amide bonds. The third kappa shape index (κ3) is 10.7. The molecule has 0 aromatic heterocycles. The van der Waals surface area contributed by atoms with Crippen molar-refractivity contribution in [2.75, 3.05) is 0 Å². The summed E-state index contributed by atoms with van der Waals surface area (Å²) in [6, 6.07) is 32.5. The number of benzene rings is 5. The molecule has 0 saturated carbocycles. The van der Waals surface area contributed by atoms with E-state index in [1.54, 1.807) is 0 Å². The number of hydrogen-bond acceptors (Lipinski definition) is 3. The predicted octanol–water partition coefficient (Wildman–Crippen LogP) is 12.7. The van der Waals surface area contributed by atoms with Gasteiger partial charge in [-0.05, 0) is 139 Å². The molecule has 3 nitrogen and oxygen atoms in total. The van der Waals surface area contributed by atoms with Crippen molar-refractivity contribution in [1.82, 2.24) is 0 Å². The normalized spacial score (nSPS) is 10.6. The molecule has 246 valence electrons. The molecule has 5 rings (SSSR count). The Morgan fingerprint density at radius 1 is 0.404 bits per heavy atom. The Morgan fingerprint density at radius 3 is 0.894 bits per heavy atom. The van der Waals surface area contributed by atoms with Gasteiger partial charge in [-0.1, -0.05) is 104 Å². The van der Waals surface area contributed by atoms with E-state index in [2.05, 4.69) is 107 Å². The summed E-state index contributed by atoms with van der Waals surface area (Å²) in [5.41, 5.74) is 10.3. The average Bonchev–Trinajstić information content (AvgIpc) is 3.07. The quantitative estimate of drug-likeness (QED) is 0.125. The fraction of sp³-hybridized carbons (Fsp3) is 0.268. The van der Waals surface area contributed by atoms with E-state index in [0.717, 1.165) is 49.9 Å². The molecule has 47 heavy (non-hydrogen) atoms. The topological polar surface area (TPSA) is 27.7 Å². The summed E-state index contributed by atoms with van der Waals surface area (Å²) < 4.78 is 22.2. The van der Waals surface area contributed by atoms with E-state index in [9.17, 15) is 0 Å². The molecule has 0 unspecified atom stereocenters. The van der Waals surface area contributed by atoms with Crippen LogP contribution in [0.2, 0.25) is 0 Å². The van der Waals surface area contributed by atoms with Crippen LogP contribution in [-0.2, 0) is 39.1 Å². The first-order valence-electron chi connectivity index (χ1n) is 16.1. The van der Waals surface area contributed by atoms with Gasteiger partial charge < -0.3 is 14.2 Å². The van der Waals surface area contributed by atoms with Gasteiger partial charge in [-0.25, -0.2) is 0 Å². The minimum Gasteiger partial charge on any atom is -0.489 e. The van der Waals surface area contributed by atoms with E-state index in [1.807, 2.05) is 72.8 Å². The molecule has 6 heteroatoms. The zero-order valence-corrected chi connectivity index (χ0v) is 32.6. The van der Waals surface area contributed by atoms with Gasteiger partial charge in [0.05, 0.1) is 0 Å². The lowest BCUT2D eigenvalue weighted by atomic mass is 9.84. The zero-order chi connectivity index (χ0) is 33.8. The number of ether oxygens (including phenoxy) is 3. The van der Waals surface area contributed by atoms with Crippen molar-refractivity contribution in [3.8, 4) is 17.2 Å². The van der Waals surface area contributed by atoms with Gasteiger partial charge in [0, 0.05) is 13.4 Å². The molecule has 0 aliphatic heterocycles. The molecular formula is C41H43Br3O3. The molecule has 0 heterocycles. The summed E-state index contributed by atoms with van der Waals surface area (Å²) in [6.07, 6.45) is 2.68. The first-order chi connectivity index (χ1) is 22.7. The predicted molar refractivity (Wildman–Crippen MR) is 206 cm³/mol. The maximum atomic E-state index is 6.35. The third-order valence-electron chi connectivity index (χ3n) is 8.01. The summed E-state index contributed by atoms with van der Waals surface area (Å²) in [5.74, 6) is 2.55. The van der Waals surface area contributed by atoms with Crippen LogP contribution in [0, 0.1) is 13.8 Å². The average molecular weight is 824 g/mol. The van der Waals surface area contributed by atoms with Crippen LogP contribution < -0.4 is 14.2 Å². The minimum absolute atomic E-state index is 0.495. The van der Waals surface area contributed by atoms with E-state index in [1.165, 1.54) is 44.5 Å². The van der Waals surface area contributed by atoms with Gasteiger partial charge in [0.15, 0.2) is 0 Å². The van der Waals surface area contributed by atoms with Crippen LogP contribution >= 0.6 is 47.8 Å². The second-order valence-corrected chi connectivity index (χ2v) is 14.1. The van der Waals surface area contributed by atoms with E-state index in [-0.39, 0.29) is 0 Å². The Hall–Kier alpha value is -3.06. The Balaban J connectivity index is 0.000000546. The summed E-state index contributed by atoms with van der Waals surface area (Å²) in [4.78, 5) is 0. The van der Waals surface area contributed by atoms with E-state index >= 15 is 0 Å². The molecule has 0 atom stereocenters. The van der Waals surface area contributed by atoms with Crippen LogP contribution in [0.5, 0.6) is 17.2 Å². The third-order valence-corrected chi connectivity index (χ3v) is 9.60. The standard InChI is InChI=1S/C33H33Br3O3.C8H10/c1-4-28-31(19-37-25-13-7-22(34)8-14-25)29(5-2)33(21-39-27-17-11-24(36)12-18-27)30(6-3)32(28)20-38-26-15-9-23(35)10-16-26;1-7-4-3-5-8(2)6-7/h7-18H,4-6,19-21H2,1-3H3;3-6H,1-2H3. The first-order valence-corrected chi connectivity index (χ1v) is 18.5. The van der Waals surface area contributed by atoms with Gasteiger partial charge in [0.25, 0.3) is 0 Å². The summed E-state index contributed by atoms with van der Waals surface area (Å²) >= 11 is 10.5. The highest BCUT2D eigenvalue weighted by molar-refractivity contribution is 9.11. The van der Waals surface area contributed by atoms with Gasteiger partial charge in [-0.3, -0.25) is 0 Å². The molecule has 0 aliphatic carbocycles. The van der Waals surface area contributed by atoms with E-state index in [4.69, 9.17) is 14.2 Å². The molecular weight excluding hydrogens is 780 g/mol. The zero-order valence-electron chi connectivity index (χ0n) is 27.8. The second-order valence-electron chi connectivity index (χ2n) is 11.3. The fourth-order valence-electron chi connectivity index (χ4n) is 5.76. The van der Waals surface area contributed by atoms with Crippen LogP contribution in [-0.4, -0.2) is 0 Å². The van der Waals surface area contributed by atoms with Gasteiger partial charge >= 0.3 is 0 Å². The Labute approximate surface area is 306 Å². The van der Waals surface area contributed by atoms with Crippen LogP contribution in [0.4, 0.5) is 0 Å². The number of aryl methyl sites for hydroxylation is 2. The molecule has 5 aromatic carbocycles. The van der Waals surface area contributed by atoms with Crippen LogP contribution in [0.15, 0.2) is 110 Å². The van der Waals surface area contributed by atoms with Crippen molar-refractivity contribution in [3.05, 3.63) is 155 Å². The van der Waals surface area contributed by atoms with Crippen LogP contribution in [0.1, 0.15) is 65.3 Å². The summed E-state index contributed by atoms with van der Waals surface area (Å²) in [5, 5.41) is 0. The molecule has 5 aromatic rings. The van der Waals surface area contributed by atoms with Crippen molar-refractivity contribution < 1.29 is 14.2 Å². The molecule has 0 bridgehead atoms. The van der Waals surface area contributed by atoms with Gasteiger partial charge in [-0.15, -0.1) is 0 Å². The highest BCUT2D eigenvalue weighted by Gasteiger charge is 2.23. The maximum absolute atomic E-state index is 6.35. The van der Waals surface area contributed by atoms with E-state index in [0.29, 0.717) is 19.8 Å². The number of halogens is 3. The summed E-state index contributed by atoms with van der Waals surface area (Å²) in [7, 11) is 0. The number of hydrogen-bond donors (Lipinski definition) is 0. The van der Waals surface area contributed by atoms with Crippen LogP contribution in [0.25, 0.3) is 0 Å². The largest absolute Gasteiger partial charge is 0.489 e. The molecule has 0 radical (unpaired) electrons. The lowest BCUT2D eigenvalue weighted by Gasteiger charge is -2.26. The molecule has 0 N–H and O–H groups in total. The minimum atomic E-state index is 0.495. The van der Waals surface area contributed by atoms with Gasteiger partial charge in [0.2, 0.25) is 0 Å². The first kappa shape index (κ1) is 36.8. The lowest BCUT2D eigenvalue weighted by molar-refractivity contribution is 0.288. The highest BCUT2D eigenvalue weighted by atomic mass is 79.9. The Bertz CT molecular complexity index is 1510. The Morgan fingerprint density at radius 2 is 0.681 bits per heavy atom. The van der Waals surface area contributed by atoms with Crippen molar-refractivity contribution >= 4 is 47.8 Å². The van der Waals surface area contributed by atoms with Crippen molar-refractivity contribution in [2.24, 2.45) is 0 Å². The monoisotopic (exact) mass is 820 g/mol. The second kappa shape index (κ2) is 18.5. The van der Waals surface area contributed by atoms with Gasteiger partial charge in [-0.2, -0.15) is 0 Å². The highest BCUT2D eigenvalue weighted by Crippen LogP contribution is 2.34. The van der Waals surface area contributed by atoms with Crippen molar-refractivity contribution in [3.63, 3.8) is 0 Å². The lowest BCUT2D eigenvalue weighted by Crippen LogP contribution is -2.17. The molecule has 0 saturated heterocycles. The number of rotatable bonds is 12. The SMILES string of the molecule is CCc1c(COc2ccc(Br)cc2)c(CC)c(COc2ccc(Br)cc2)c(CC)c1COc1ccc(Br)cc1.Cc1cccc(C)c1. The van der Waals surface area contributed by atoms with E-state index < -0.39 is 0 Å². The smallest absolute Gasteiger partial charge is 0.119 e. The van der Waals surface area contributed by atoms with Crippen molar-refractivity contribution in [2.45, 2.75) is 73.7 Å². The maximum Gasteiger partial charge on any atom is 0.119 e. The van der Waals surface area contributed by atoms with Crippen molar-refractivity contribution in [1.29, 1.82) is 0 Å². The van der Waals surface area contributed by atoms with Crippen LogP contribution in [0.3, 0.4) is 0 Å². The molecule has 0 aliphatic rings. The Kier molecular flexibility index (Phi) is 14.5. The van der Waals surface area contributed by atoms with Gasteiger partial charge in [0.1, 0.15) is 37.1 Å². The fourth-order valence-corrected chi connectivity index (χ4v) is 6.55. The summed E-state index contributed by atoms with van der Waals surface area (Å²) in [6.45, 7) is 12.4. The molecule has 0 fully saturated rings.